The quantitative estimate of drug-likeness (QED) is 0.915. The van der Waals surface area contributed by atoms with Crippen molar-refractivity contribution in [3.05, 3.63) is 30.1 Å². The Kier molecular flexibility index (Phi) is 4.97. The average molecular weight is 275 g/mol. The minimum Gasteiger partial charge on any atom is -0.365 e. The van der Waals surface area contributed by atoms with Crippen LogP contribution in [0.15, 0.2) is 24.3 Å². The highest BCUT2D eigenvalue weighted by Crippen LogP contribution is 2.28. The number of nitrogens with one attached hydrogen (secondary N) is 1. The first kappa shape index (κ1) is 14.8. The molecular formula is C16H22FN3. The molecule has 0 spiro atoms. The molecule has 1 fully saturated rings. The monoisotopic (exact) mass is 275 g/mol. The molecule has 0 aromatic heterocycles. The van der Waals surface area contributed by atoms with Crippen LogP contribution in [-0.2, 0) is 0 Å². The fraction of sp³-hybridized carbons (Fsp3) is 0.562. The fourth-order valence-electron chi connectivity index (χ4n) is 2.82. The second-order valence-corrected chi connectivity index (χ2v) is 5.49. The van der Waals surface area contributed by atoms with Gasteiger partial charge in [-0.15, -0.1) is 0 Å². The molecule has 0 aliphatic carbocycles. The molecule has 1 unspecified atom stereocenters. The number of nitrogens with zero attached hydrogens (tertiary/aromatic N) is 2. The van der Waals surface area contributed by atoms with Gasteiger partial charge in [-0.1, -0.05) is 19.1 Å². The molecule has 1 atom stereocenters. The number of hydrogen-bond acceptors (Lipinski definition) is 3. The van der Waals surface area contributed by atoms with Gasteiger partial charge in [-0.25, -0.2) is 4.39 Å². The normalized spacial score (nSPS) is 23.9. The van der Waals surface area contributed by atoms with Gasteiger partial charge >= 0.3 is 0 Å². The Morgan fingerprint density at radius 2 is 2.15 bits per heavy atom. The molecule has 4 heteroatoms. The van der Waals surface area contributed by atoms with Gasteiger partial charge in [-0.3, -0.25) is 0 Å². The zero-order chi connectivity index (χ0) is 14.4. The van der Waals surface area contributed by atoms with Crippen molar-refractivity contribution >= 4 is 5.69 Å². The van der Waals surface area contributed by atoms with E-state index in [-0.39, 0.29) is 5.82 Å². The smallest absolute Gasteiger partial charge is 0.146 e. The summed E-state index contributed by atoms with van der Waals surface area (Å²) in [4.78, 5) is 2.39. The summed E-state index contributed by atoms with van der Waals surface area (Å²) in [5, 5.41) is 12.7. The molecule has 0 saturated carbocycles. The molecule has 1 aromatic carbocycles. The van der Waals surface area contributed by atoms with Crippen molar-refractivity contribution in [3.63, 3.8) is 0 Å². The van der Waals surface area contributed by atoms with Crippen LogP contribution in [0, 0.1) is 17.1 Å². The lowest BCUT2D eigenvalue weighted by molar-refractivity contribution is 0.283. The molecule has 0 amide bonds. The summed E-state index contributed by atoms with van der Waals surface area (Å²) in [7, 11) is 0. The minimum absolute atomic E-state index is 0.295. The van der Waals surface area contributed by atoms with Crippen LogP contribution >= 0.6 is 0 Å². The van der Waals surface area contributed by atoms with E-state index >= 15 is 0 Å². The van der Waals surface area contributed by atoms with E-state index in [4.69, 9.17) is 0 Å². The Morgan fingerprint density at radius 3 is 2.85 bits per heavy atom. The number of benzene rings is 1. The first-order valence-corrected chi connectivity index (χ1v) is 7.35. The van der Waals surface area contributed by atoms with E-state index in [1.54, 1.807) is 18.2 Å². The third-order valence-electron chi connectivity index (χ3n) is 3.93. The summed E-state index contributed by atoms with van der Waals surface area (Å²) >= 11 is 0. The molecule has 0 bridgehead atoms. The lowest BCUT2D eigenvalue weighted by atomic mass is 9.92. The van der Waals surface area contributed by atoms with E-state index in [9.17, 15) is 9.65 Å². The van der Waals surface area contributed by atoms with Crippen molar-refractivity contribution in [2.45, 2.75) is 38.1 Å². The maximum atomic E-state index is 13.8. The highest BCUT2D eigenvalue weighted by molar-refractivity contribution is 5.49. The lowest BCUT2D eigenvalue weighted by Crippen LogP contribution is -2.38. The second-order valence-electron chi connectivity index (χ2n) is 5.49. The summed E-state index contributed by atoms with van der Waals surface area (Å²) in [6.45, 7) is 5.15. The lowest BCUT2D eigenvalue weighted by Gasteiger charge is -2.28. The van der Waals surface area contributed by atoms with Crippen molar-refractivity contribution in [1.29, 1.82) is 5.26 Å². The van der Waals surface area contributed by atoms with Crippen molar-refractivity contribution in [1.82, 2.24) is 4.90 Å². The molecule has 108 valence electrons. The van der Waals surface area contributed by atoms with Crippen LogP contribution in [0.4, 0.5) is 10.1 Å². The van der Waals surface area contributed by atoms with Gasteiger partial charge in [0.15, 0.2) is 0 Å². The Bertz CT molecular complexity index is 483. The first-order valence-electron chi connectivity index (χ1n) is 7.35. The molecule has 3 nitrogen and oxygen atoms in total. The standard InChI is InChI=1S/C16H22FN3/c1-2-10-20-11-5-8-16(13-18,9-12-20)19-15-7-4-3-6-14(15)17/h3-4,6-7,19H,2,5,8-12H2,1H3. The highest BCUT2D eigenvalue weighted by Gasteiger charge is 2.33. The highest BCUT2D eigenvalue weighted by atomic mass is 19.1. The van der Waals surface area contributed by atoms with Crippen LogP contribution in [0.2, 0.25) is 0 Å². The molecular weight excluding hydrogens is 253 g/mol. The van der Waals surface area contributed by atoms with Gasteiger partial charge in [0.2, 0.25) is 0 Å². The molecule has 1 aliphatic heterocycles. The third-order valence-corrected chi connectivity index (χ3v) is 3.93. The number of rotatable bonds is 4. The Balaban J connectivity index is 2.10. The van der Waals surface area contributed by atoms with Gasteiger partial charge in [-0.05, 0) is 50.9 Å². The van der Waals surface area contributed by atoms with E-state index in [1.807, 2.05) is 0 Å². The number of halogens is 1. The Morgan fingerprint density at radius 1 is 1.35 bits per heavy atom. The van der Waals surface area contributed by atoms with Gasteiger partial charge in [0.25, 0.3) is 0 Å². The van der Waals surface area contributed by atoms with Crippen LogP contribution in [0.3, 0.4) is 0 Å². The molecule has 1 heterocycles. The van der Waals surface area contributed by atoms with Crippen LogP contribution in [-0.4, -0.2) is 30.1 Å². The topological polar surface area (TPSA) is 39.1 Å². The molecule has 2 rings (SSSR count). The number of anilines is 1. The maximum Gasteiger partial charge on any atom is 0.146 e. The van der Waals surface area contributed by atoms with Crippen LogP contribution in [0.1, 0.15) is 32.6 Å². The molecule has 1 aromatic rings. The van der Waals surface area contributed by atoms with E-state index in [1.165, 1.54) is 6.07 Å². The number of para-hydroxylation sites is 1. The Hall–Kier alpha value is -1.60. The van der Waals surface area contributed by atoms with Gasteiger partial charge in [-0.2, -0.15) is 5.26 Å². The molecule has 0 radical (unpaired) electrons. The third kappa shape index (κ3) is 3.49. The van der Waals surface area contributed by atoms with Crippen LogP contribution in [0.5, 0.6) is 0 Å². The van der Waals surface area contributed by atoms with Crippen molar-refractivity contribution < 1.29 is 4.39 Å². The fourth-order valence-corrected chi connectivity index (χ4v) is 2.82. The zero-order valence-electron chi connectivity index (χ0n) is 12.0. The van der Waals surface area contributed by atoms with Crippen molar-refractivity contribution in [2.75, 3.05) is 25.0 Å². The van der Waals surface area contributed by atoms with Crippen molar-refractivity contribution in [3.8, 4) is 6.07 Å². The predicted molar refractivity (Wildman–Crippen MR) is 78.9 cm³/mol. The summed E-state index contributed by atoms with van der Waals surface area (Å²) in [5.41, 5.74) is -0.219. The number of likely N-dealkylation sites (tertiary alicyclic amines) is 1. The zero-order valence-corrected chi connectivity index (χ0v) is 12.0. The van der Waals surface area contributed by atoms with Crippen LogP contribution < -0.4 is 5.32 Å². The molecule has 20 heavy (non-hydrogen) atoms. The van der Waals surface area contributed by atoms with E-state index in [2.05, 4.69) is 23.2 Å². The summed E-state index contributed by atoms with van der Waals surface area (Å²) in [6, 6.07) is 8.96. The van der Waals surface area contributed by atoms with Gasteiger partial charge in [0.05, 0.1) is 11.8 Å². The van der Waals surface area contributed by atoms with Crippen LogP contribution in [0.25, 0.3) is 0 Å². The summed E-state index contributed by atoms with van der Waals surface area (Å²) in [5.74, 6) is -0.295. The van der Waals surface area contributed by atoms with Gasteiger partial charge in [0, 0.05) is 6.54 Å². The average Bonchev–Trinajstić information content (AvgIpc) is 2.66. The number of nitriles is 1. The maximum absolute atomic E-state index is 13.8. The van der Waals surface area contributed by atoms with E-state index in [0.717, 1.165) is 45.3 Å². The van der Waals surface area contributed by atoms with Gasteiger partial charge in [0.1, 0.15) is 11.4 Å². The van der Waals surface area contributed by atoms with E-state index in [0.29, 0.717) is 5.69 Å². The van der Waals surface area contributed by atoms with Gasteiger partial charge < -0.3 is 10.2 Å². The number of hydrogen-bond donors (Lipinski definition) is 1. The predicted octanol–water partition coefficient (Wildman–Crippen LogP) is 3.40. The first-order chi connectivity index (χ1) is 9.69. The molecule has 1 aliphatic rings. The SMILES string of the molecule is CCCN1CCCC(C#N)(Nc2ccccc2F)CC1. The Labute approximate surface area is 120 Å². The van der Waals surface area contributed by atoms with E-state index < -0.39 is 5.54 Å². The summed E-state index contributed by atoms with van der Waals surface area (Å²) < 4.78 is 13.8. The summed E-state index contributed by atoms with van der Waals surface area (Å²) in [6.07, 6.45) is 3.59. The second kappa shape index (κ2) is 6.71. The van der Waals surface area contributed by atoms with Crippen molar-refractivity contribution in [2.24, 2.45) is 0 Å². The largest absolute Gasteiger partial charge is 0.365 e. The molecule has 1 N–H and O–H groups in total. The minimum atomic E-state index is -0.648. The molecule has 1 saturated heterocycles.